The van der Waals surface area contributed by atoms with Gasteiger partial charge in [-0.15, -0.1) is 0 Å². The second kappa shape index (κ2) is 17.3. The molecule has 64 heavy (non-hydrogen) atoms. The molecule has 0 spiro atoms. The van der Waals surface area contributed by atoms with Gasteiger partial charge in [0.25, 0.3) is 11.8 Å². The van der Waals surface area contributed by atoms with Crippen molar-refractivity contribution in [3.05, 3.63) is 60.7 Å². The molecule has 4 aromatic rings. The second-order valence-electron chi connectivity index (χ2n) is 18.5. The van der Waals surface area contributed by atoms with Crippen molar-refractivity contribution in [2.24, 2.45) is 5.92 Å². The second-order valence-corrected chi connectivity index (χ2v) is 20.7. The lowest BCUT2D eigenvalue weighted by atomic mass is 10.0. The first-order valence-electron chi connectivity index (χ1n) is 22.7. The van der Waals surface area contributed by atoms with E-state index in [0.717, 1.165) is 43.9 Å². The van der Waals surface area contributed by atoms with Gasteiger partial charge in [0.2, 0.25) is 27.4 Å². The van der Waals surface area contributed by atoms with Gasteiger partial charge in [0.15, 0.2) is 5.82 Å². The number of fused-ring (bicyclic) bond motifs is 5. The van der Waals surface area contributed by atoms with E-state index in [1.165, 1.54) is 4.90 Å². The van der Waals surface area contributed by atoms with Gasteiger partial charge in [-0.25, -0.2) is 18.2 Å². The van der Waals surface area contributed by atoms with Crippen LogP contribution in [0.1, 0.15) is 104 Å². The van der Waals surface area contributed by atoms with Crippen LogP contribution < -0.4 is 24.8 Å². The van der Waals surface area contributed by atoms with Gasteiger partial charge < -0.3 is 34.2 Å². The molecule has 16 nitrogen and oxygen atoms in total. The number of sulfonamides is 1. The Kier molecular flexibility index (Phi) is 11.8. The summed E-state index contributed by atoms with van der Waals surface area (Å²) in [4.78, 5) is 68.1. The molecule has 4 fully saturated rings. The van der Waals surface area contributed by atoms with Gasteiger partial charge in [0.1, 0.15) is 46.7 Å². The van der Waals surface area contributed by atoms with Crippen molar-refractivity contribution in [1.29, 1.82) is 0 Å². The number of nitrogens with zero attached hydrogens (tertiary/aromatic N) is 3. The number of amides is 4. The number of benzene rings is 2. The van der Waals surface area contributed by atoms with Crippen LogP contribution in [0.25, 0.3) is 33.5 Å². The normalized spacial score (nSPS) is 26.6. The number of allylic oxidation sites excluding steroid dienone is 1. The summed E-state index contributed by atoms with van der Waals surface area (Å²) in [5, 5.41) is 6.50. The molecule has 17 heteroatoms. The predicted molar refractivity (Wildman–Crippen MR) is 237 cm³/mol. The Hall–Kier alpha value is -5.71. The number of hydrogen-bond donors (Lipinski definition) is 3. The van der Waals surface area contributed by atoms with E-state index < -0.39 is 68.2 Å². The lowest BCUT2D eigenvalue weighted by molar-refractivity contribution is -0.141. The third-order valence-corrected chi connectivity index (χ3v) is 15.5. The average molecular weight is 897 g/mol. The molecule has 3 saturated carbocycles. The van der Waals surface area contributed by atoms with Gasteiger partial charge in [0.05, 0.1) is 17.4 Å². The first kappa shape index (κ1) is 43.5. The van der Waals surface area contributed by atoms with Crippen molar-refractivity contribution in [3.8, 4) is 23.0 Å². The van der Waals surface area contributed by atoms with Gasteiger partial charge in [-0.1, -0.05) is 37.1 Å². The maximum atomic E-state index is 14.8. The Morgan fingerprint density at radius 2 is 1.70 bits per heavy atom. The molecule has 9 rings (SSSR count). The number of para-hydroxylation sites is 1. The van der Waals surface area contributed by atoms with Crippen LogP contribution in [0.15, 0.2) is 65.1 Å². The van der Waals surface area contributed by atoms with Gasteiger partial charge in [-0.2, -0.15) is 4.98 Å². The summed E-state index contributed by atoms with van der Waals surface area (Å²) in [5.74, 6) is -1.28. The van der Waals surface area contributed by atoms with E-state index in [4.69, 9.17) is 28.6 Å². The first-order chi connectivity index (χ1) is 30.7. The van der Waals surface area contributed by atoms with Crippen molar-refractivity contribution in [2.75, 3.05) is 6.54 Å². The zero-order valence-corrected chi connectivity index (χ0v) is 37.3. The third-order valence-electron chi connectivity index (χ3n) is 13.3. The smallest absolute Gasteiger partial charge is 0.408 e. The van der Waals surface area contributed by atoms with E-state index in [-0.39, 0.29) is 43.1 Å². The molecule has 4 amide bonds. The summed E-state index contributed by atoms with van der Waals surface area (Å²) < 4.78 is 52.4. The molecule has 3 N–H and O–H groups in total. The van der Waals surface area contributed by atoms with Crippen LogP contribution >= 0.6 is 0 Å². The molecule has 1 unspecified atom stereocenters. The molecular formula is C47H56N6O10S. The van der Waals surface area contributed by atoms with Gasteiger partial charge >= 0.3 is 6.09 Å². The summed E-state index contributed by atoms with van der Waals surface area (Å²) >= 11 is 0. The Bertz CT molecular complexity index is 2580. The zero-order valence-electron chi connectivity index (χ0n) is 36.5. The number of carbonyl (C=O) groups excluding carboxylic acids is 4. The van der Waals surface area contributed by atoms with Crippen molar-refractivity contribution in [1.82, 2.24) is 30.2 Å². The maximum Gasteiger partial charge on any atom is 0.408 e. The Balaban J connectivity index is 1.05. The molecule has 2 aliphatic heterocycles. The highest BCUT2D eigenvalue weighted by atomic mass is 32.2. The molecular weight excluding hydrogens is 841 g/mol. The van der Waals surface area contributed by atoms with Crippen LogP contribution in [0, 0.1) is 5.92 Å². The van der Waals surface area contributed by atoms with Crippen LogP contribution in [0.5, 0.6) is 11.6 Å². The highest BCUT2D eigenvalue weighted by molar-refractivity contribution is 7.91. The molecule has 3 aliphatic carbocycles. The van der Waals surface area contributed by atoms with Gasteiger partial charge in [0, 0.05) is 23.3 Å². The molecule has 4 heterocycles. The standard InChI is InChI=1S/C47H56N6O10S/c1-28(2)60-32-21-19-29(20-22-32)40-49-38-34-16-11-12-18-37(34)63-39(38)42(50-40)61-33-25-36-41(54)51-47(44(56)52-64(58,59)46(3)23-24-46)26-30(47)13-7-5-4-6-8-17-35(43(55)53(36)27-33)48-45(57)62-31-14-9-10-15-31/h7,11-13,16,18-22,28,30-31,33,35-36H,4-6,8-10,14-15,17,23-27H2,1-3H3,(H,48,57)(H,51,54)(H,52,56)/b13-7-/t30?,33-,35+,36+,47-/m1/s1. The molecule has 1 saturated heterocycles. The van der Waals surface area contributed by atoms with Gasteiger partial charge in [-0.05, 0) is 121 Å². The highest BCUT2D eigenvalue weighted by Crippen LogP contribution is 2.48. The van der Waals surface area contributed by atoms with Crippen LogP contribution in [0.3, 0.4) is 0 Å². The largest absolute Gasteiger partial charge is 0.491 e. The van der Waals surface area contributed by atoms with E-state index in [1.807, 2.05) is 74.5 Å². The van der Waals surface area contributed by atoms with Crippen LogP contribution in [0.4, 0.5) is 4.79 Å². The molecule has 5 atom stereocenters. The highest BCUT2D eigenvalue weighted by Gasteiger charge is 2.63. The number of ether oxygens (including phenoxy) is 3. The summed E-state index contributed by atoms with van der Waals surface area (Å²) in [6, 6.07) is 12.6. The SMILES string of the molecule is CC(C)Oc1ccc(-c2nc(O[C@@H]3C[C@H]4C(=O)N[C@]5(C(=O)NS(=O)(=O)C6(C)CC6)CC5/C=C\CCCCC[C@H](NC(=O)OC5CCCC5)C(=O)N4C3)c3oc4ccccc4c3n2)cc1. The number of nitrogens with one attached hydrogen (secondary N) is 3. The number of furan rings is 1. The van der Waals surface area contributed by atoms with E-state index in [2.05, 4.69) is 15.4 Å². The molecule has 340 valence electrons. The third kappa shape index (κ3) is 8.87. The summed E-state index contributed by atoms with van der Waals surface area (Å²) in [6.45, 7) is 5.41. The Labute approximate surface area is 372 Å². The molecule has 2 aromatic carbocycles. The average Bonchev–Trinajstić information content (AvgIpc) is 3.92. The fraction of sp³-hybridized carbons (Fsp3) is 0.532. The lowest BCUT2D eigenvalue weighted by Gasteiger charge is -2.30. The predicted octanol–water partition coefficient (Wildman–Crippen LogP) is 6.61. The number of rotatable bonds is 10. The molecule has 0 radical (unpaired) electrons. The summed E-state index contributed by atoms with van der Waals surface area (Å²) in [5.41, 5.74) is 0.499. The minimum Gasteiger partial charge on any atom is -0.491 e. The first-order valence-corrected chi connectivity index (χ1v) is 24.2. The monoisotopic (exact) mass is 896 g/mol. The topological polar surface area (TPSA) is 208 Å². The minimum atomic E-state index is -4.02. The molecule has 5 aliphatic rings. The van der Waals surface area contributed by atoms with E-state index in [1.54, 1.807) is 6.92 Å². The minimum absolute atomic E-state index is 0.0144. The van der Waals surface area contributed by atoms with Crippen LogP contribution in [-0.4, -0.2) is 94.3 Å². The van der Waals surface area contributed by atoms with E-state index in [0.29, 0.717) is 60.3 Å². The van der Waals surface area contributed by atoms with E-state index in [9.17, 15) is 27.6 Å². The summed E-state index contributed by atoms with van der Waals surface area (Å²) in [7, 11) is -4.02. The maximum absolute atomic E-state index is 14.8. The van der Waals surface area contributed by atoms with Gasteiger partial charge in [-0.3, -0.25) is 19.1 Å². The number of aromatic nitrogens is 2. The fourth-order valence-corrected chi connectivity index (χ4v) is 10.5. The van der Waals surface area contributed by atoms with Crippen molar-refractivity contribution < 1.29 is 46.2 Å². The quantitative estimate of drug-likeness (QED) is 0.144. The number of hydrogen-bond acceptors (Lipinski definition) is 12. The van der Waals surface area contributed by atoms with Crippen molar-refractivity contribution in [2.45, 2.75) is 145 Å². The number of alkyl carbamates (subject to hydrolysis) is 1. The Morgan fingerprint density at radius 3 is 2.45 bits per heavy atom. The zero-order chi connectivity index (χ0) is 44.8. The fourth-order valence-electron chi connectivity index (χ4n) is 9.17. The lowest BCUT2D eigenvalue weighted by Crippen LogP contribution is -2.58. The van der Waals surface area contributed by atoms with Crippen LogP contribution in [-0.2, 0) is 29.1 Å². The van der Waals surface area contributed by atoms with Crippen LogP contribution in [0.2, 0.25) is 0 Å². The van der Waals surface area contributed by atoms with Crippen molar-refractivity contribution >= 4 is 55.9 Å². The van der Waals surface area contributed by atoms with E-state index >= 15 is 0 Å². The number of carbonyl (C=O) groups is 4. The summed E-state index contributed by atoms with van der Waals surface area (Å²) in [6.07, 6.45) is 9.65. The van der Waals surface area contributed by atoms with Crippen molar-refractivity contribution in [3.63, 3.8) is 0 Å². The molecule has 0 bridgehead atoms. The molecule has 2 aromatic heterocycles. The Morgan fingerprint density at radius 1 is 0.953 bits per heavy atom.